The fourth-order valence-electron chi connectivity index (χ4n) is 2.34. The number of para-hydroxylation sites is 1. The highest BCUT2D eigenvalue weighted by Crippen LogP contribution is 2.30. The number of carbonyl (C=O) groups excluding carboxylic acids is 1. The second kappa shape index (κ2) is 5.80. The molecule has 0 saturated heterocycles. The van der Waals surface area contributed by atoms with Crippen LogP contribution in [0.25, 0.3) is 5.57 Å². The Balaban J connectivity index is 1.83. The minimum atomic E-state index is 0.137. The molecule has 1 aliphatic rings. The van der Waals surface area contributed by atoms with Crippen LogP contribution in [0.2, 0.25) is 0 Å². The number of ketones is 1. The molecule has 2 aromatic rings. The molecule has 0 saturated carbocycles. The van der Waals surface area contributed by atoms with Crippen molar-refractivity contribution in [1.29, 1.82) is 0 Å². The fraction of sp³-hybridized carbons (Fsp3) is 0.105. The van der Waals surface area contributed by atoms with Crippen molar-refractivity contribution < 1.29 is 9.53 Å². The topological polar surface area (TPSA) is 26.3 Å². The summed E-state index contributed by atoms with van der Waals surface area (Å²) in [6.45, 7) is 1.61. The SMILES string of the molecule is CC(=O)C1=CC(c2cccc(Oc3ccccc3)c2)=CC1. The Hall–Kier alpha value is -2.61. The number of allylic oxidation sites excluding steroid dienone is 4. The maximum Gasteiger partial charge on any atom is 0.156 e. The van der Waals surface area contributed by atoms with Crippen molar-refractivity contribution in [3.63, 3.8) is 0 Å². The molecule has 0 amide bonds. The van der Waals surface area contributed by atoms with Crippen molar-refractivity contribution in [3.8, 4) is 11.5 Å². The summed E-state index contributed by atoms with van der Waals surface area (Å²) in [6.07, 6.45) is 4.76. The van der Waals surface area contributed by atoms with Gasteiger partial charge in [-0.05, 0) is 60.4 Å². The van der Waals surface area contributed by atoms with E-state index in [2.05, 4.69) is 6.08 Å². The van der Waals surface area contributed by atoms with E-state index in [1.807, 2.05) is 60.7 Å². The molecule has 0 aliphatic heterocycles. The normalized spacial score (nSPS) is 13.6. The van der Waals surface area contributed by atoms with Gasteiger partial charge in [-0.1, -0.05) is 36.4 Å². The van der Waals surface area contributed by atoms with Gasteiger partial charge in [-0.15, -0.1) is 0 Å². The van der Waals surface area contributed by atoms with Gasteiger partial charge in [0.25, 0.3) is 0 Å². The van der Waals surface area contributed by atoms with Crippen molar-refractivity contribution in [2.45, 2.75) is 13.3 Å². The van der Waals surface area contributed by atoms with Gasteiger partial charge in [0.05, 0.1) is 0 Å². The maximum atomic E-state index is 11.4. The van der Waals surface area contributed by atoms with Crippen molar-refractivity contribution in [1.82, 2.24) is 0 Å². The Bertz CT molecular complexity index is 724. The second-order valence-corrected chi connectivity index (χ2v) is 5.03. The summed E-state index contributed by atoms with van der Waals surface area (Å²) in [4.78, 5) is 11.4. The molecule has 2 heteroatoms. The first-order valence-electron chi connectivity index (χ1n) is 6.97. The molecule has 0 fully saturated rings. The Morgan fingerprint density at radius 2 is 1.76 bits per heavy atom. The molecule has 3 rings (SSSR count). The molecule has 0 radical (unpaired) electrons. The molecule has 1 aliphatic carbocycles. The van der Waals surface area contributed by atoms with Crippen LogP contribution in [0.3, 0.4) is 0 Å². The zero-order valence-electron chi connectivity index (χ0n) is 11.9. The minimum Gasteiger partial charge on any atom is -0.457 e. The molecule has 0 aromatic heterocycles. The van der Waals surface area contributed by atoms with Crippen LogP contribution < -0.4 is 4.74 Å². The minimum absolute atomic E-state index is 0.137. The average Bonchev–Trinajstić information content (AvgIpc) is 2.99. The van der Waals surface area contributed by atoms with Crippen molar-refractivity contribution in [3.05, 3.63) is 77.9 Å². The number of hydrogen-bond donors (Lipinski definition) is 0. The lowest BCUT2D eigenvalue weighted by atomic mass is 10.1. The van der Waals surface area contributed by atoms with Crippen LogP contribution in [0.15, 0.2) is 72.3 Å². The van der Waals surface area contributed by atoms with E-state index in [1.165, 1.54) is 0 Å². The summed E-state index contributed by atoms with van der Waals surface area (Å²) in [6, 6.07) is 17.6. The largest absolute Gasteiger partial charge is 0.457 e. The van der Waals surface area contributed by atoms with Crippen molar-refractivity contribution >= 4 is 11.4 Å². The third kappa shape index (κ3) is 3.11. The predicted octanol–water partition coefficient (Wildman–Crippen LogP) is 4.78. The Morgan fingerprint density at radius 3 is 2.48 bits per heavy atom. The van der Waals surface area contributed by atoms with Gasteiger partial charge >= 0.3 is 0 Å². The summed E-state index contributed by atoms with van der Waals surface area (Å²) in [5, 5.41) is 0. The fourth-order valence-corrected chi connectivity index (χ4v) is 2.34. The van der Waals surface area contributed by atoms with Gasteiger partial charge in [0.2, 0.25) is 0 Å². The van der Waals surface area contributed by atoms with E-state index >= 15 is 0 Å². The first-order valence-corrected chi connectivity index (χ1v) is 6.97. The van der Waals surface area contributed by atoms with E-state index in [9.17, 15) is 4.79 Å². The quantitative estimate of drug-likeness (QED) is 0.803. The summed E-state index contributed by atoms with van der Waals surface area (Å²) < 4.78 is 5.84. The van der Waals surface area contributed by atoms with Crippen LogP contribution in [-0.4, -0.2) is 5.78 Å². The van der Waals surface area contributed by atoms with Crippen LogP contribution >= 0.6 is 0 Å². The summed E-state index contributed by atoms with van der Waals surface area (Å²) in [5.74, 6) is 1.75. The van der Waals surface area contributed by atoms with Gasteiger partial charge in [0, 0.05) is 0 Å². The monoisotopic (exact) mass is 276 g/mol. The number of carbonyl (C=O) groups is 1. The lowest BCUT2D eigenvalue weighted by Gasteiger charge is -2.07. The number of Topliss-reactive ketones (excluding diaryl/α,β-unsaturated/α-hetero) is 1. The maximum absolute atomic E-state index is 11.4. The average molecular weight is 276 g/mol. The van der Waals surface area contributed by atoms with E-state index in [0.717, 1.165) is 28.2 Å². The number of benzene rings is 2. The van der Waals surface area contributed by atoms with E-state index in [0.29, 0.717) is 6.42 Å². The number of rotatable bonds is 4. The van der Waals surface area contributed by atoms with Gasteiger partial charge < -0.3 is 4.74 Å². The van der Waals surface area contributed by atoms with Crippen molar-refractivity contribution in [2.75, 3.05) is 0 Å². The highest BCUT2D eigenvalue weighted by atomic mass is 16.5. The molecule has 21 heavy (non-hydrogen) atoms. The number of hydrogen-bond acceptors (Lipinski definition) is 2. The second-order valence-electron chi connectivity index (χ2n) is 5.03. The Labute approximate surface area is 124 Å². The zero-order chi connectivity index (χ0) is 14.7. The van der Waals surface area contributed by atoms with Gasteiger partial charge in [-0.2, -0.15) is 0 Å². The van der Waals surface area contributed by atoms with Crippen LogP contribution in [0.5, 0.6) is 11.5 Å². The molecular weight excluding hydrogens is 260 g/mol. The smallest absolute Gasteiger partial charge is 0.156 e. The highest BCUT2D eigenvalue weighted by molar-refractivity contribution is 5.99. The molecule has 0 bridgehead atoms. The zero-order valence-corrected chi connectivity index (χ0v) is 11.9. The van der Waals surface area contributed by atoms with Crippen LogP contribution in [0.1, 0.15) is 18.9 Å². The third-order valence-electron chi connectivity index (χ3n) is 3.47. The molecular formula is C19H16O2. The van der Waals surface area contributed by atoms with Crippen molar-refractivity contribution in [2.24, 2.45) is 0 Å². The highest BCUT2D eigenvalue weighted by Gasteiger charge is 2.12. The predicted molar refractivity (Wildman–Crippen MR) is 84.3 cm³/mol. The number of ether oxygens (including phenoxy) is 1. The Morgan fingerprint density at radius 1 is 1.00 bits per heavy atom. The molecule has 0 atom stereocenters. The van der Waals surface area contributed by atoms with E-state index in [-0.39, 0.29) is 5.78 Å². The molecule has 104 valence electrons. The van der Waals surface area contributed by atoms with Gasteiger partial charge in [0.1, 0.15) is 11.5 Å². The third-order valence-corrected chi connectivity index (χ3v) is 3.47. The first-order chi connectivity index (χ1) is 10.2. The van der Waals surface area contributed by atoms with E-state index in [1.54, 1.807) is 6.92 Å². The summed E-state index contributed by atoms with van der Waals surface area (Å²) >= 11 is 0. The molecule has 0 unspecified atom stereocenters. The van der Waals surface area contributed by atoms with Gasteiger partial charge in [-0.3, -0.25) is 4.79 Å². The van der Waals surface area contributed by atoms with Gasteiger partial charge in [-0.25, -0.2) is 0 Å². The van der Waals surface area contributed by atoms with Crippen LogP contribution in [-0.2, 0) is 4.79 Å². The van der Waals surface area contributed by atoms with E-state index in [4.69, 9.17) is 4.74 Å². The standard InChI is InChI=1S/C19H16O2/c1-14(20)15-10-11-17(12-15)16-6-5-9-19(13-16)21-18-7-3-2-4-8-18/h2-9,11-13H,10H2,1H3. The molecule has 2 aromatic carbocycles. The summed E-state index contributed by atoms with van der Waals surface area (Å²) in [5.41, 5.74) is 3.01. The lowest BCUT2D eigenvalue weighted by molar-refractivity contribution is -0.113. The molecule has 0 spiro atoms. The summed E-state index contributed by atoms with van der Waals surface area (Å²) in [7, 11) is 0. The van der Waals surface area contributed by atoms with E-state index < -0.39 is 0 Å². The van der Waals surface area contributed by atoms with Crippen LogP contribution in [0.4, 0.5) is 0 Å². The van der Waals surface area contributed by atoms with Gasteiger partial charge in [0.15, 0.2) is 5.78 Å². The Kier molecular flexibility index (Phi) is 3.69. The first kappa shape index (κ1) is 13.4. The molecule has 2 nitrogen and oxygen atoms in total. The molecule has 0 heterocycles. The lowest BCUT2D eigenvalue weighted by Crippen LogP contribution is -1.91. The molecule has 0 N–H and O–H groups in total. The van der Waals surface area contributed by atoms with Crippen LogP contribution in [0, 0.1) is 0 Å².